The fraction of sp³-hybridized carbons (Fsp3) is 0.231. The van der Waals surface area contributed by atoms with Crippen LogP contribution in [0.2, 0.25) is 5.02 Å². The molecule has 0 unspecified atom stereocenters. The minimum absolute atomic E-state index is 0.229. The summed E-state index contributed by atoms with van der Waals surface area (Å²) in [5, 5.41) is 7.96. The van der Waals surface area contributed by atoms with Crippen LogP contribution in [0.3, 0.4) is 0 Å². The summed E-state index contributed by atoms with van der Waals surface area (Å²) in [7, 11) is 0. The maximum Gasteiger partial charge on any atom is 0.269 e. The predicted molar refractivity (Wildman–Crippen MR) is 74.5 cm³/mol. The SMILES string of the molecule is CCNCc1ccc(-n2ccc(C(N)=O)n2)cc1Cl. The van der Waals surface area contributed by atoms with E-state index in [0.29, 0.717) is 5.02 Å². The van der Waals surface area contributed by atoms with Gasteiger partial charge in [-0.25, -0.2) is 4.68 Å². The molecule has 5 nitrogen and oxygen atoms in total. The van der Waals surface area contributed by atoms with E-state index in [1.54, 1.807) is 16.9 Å². The lowest BCUT2D eigenvalue weighted by Gasteiger charge is -2.07. The van der Waals surface area contributed by atoms with Crippen LogP contribution in [0.25, 0.3) is 5.69 Å². The Hall–Kier alpha value is -1.85. The Morgan fingerprint density at radius 3 is 2.84 bits per heavy atom. The average Bonchev–Trinajstić information content (AvgIpc) is 2.87. The van der Waals surface area contributed by atoms with Gasteiger partial charge in [0.2, 0.25) is 0 Å². The van der Waals surface area contributed by atoms with Gasteiger partial charge in [-0.05, 0) is 30.3 Å². The van der Waals surface area contributed by atoms with Crippen LogP contribution in [-0.4, -0.2) is 22.2 Å². The zero-order valence-electron chi connectivity index (χ0n) is 10.6. The van der Waals surface area contributed by atoms with Gasteiger partial charge in [0.25, 0.3) is 5.91 Å². The van der Waals surface area contributed by atoms with Gasteiger partial charge in [-0.3, -0.25) is 4.79 Å². The molecule has 0 saturated heterocycles. The molecule has 1 aromatic carbocycles. The van der Waals surface area contributed by atoms with Crippen LogP contribution in [0.5, 0.6) is 0 Å². The molecule has 0 atom stereocenters. The molecule has 0 spiro atoms. The van der Waals surface area contributed by atoms with Crippen LogP contribution in [0.15, 0.2) is 30.5 Å². The lowest BCUT2D eigenvalue weighted by Crippen LogP contribution is -2.13. The van der Waals surface area contributed by atoms with Gasteiger partial charge in [-0.1, -0.05) is 24.6 Å². The quantitative estimate of drug-likeness (QED) is 0.875. The normalized spacial score (nSPS) is 10.6. The Balaban J connectivity index is 2.25. The highest BCUT2D eigenvalue weighted by atomic mass is 35.5. The van der Waals surface area contributed by atoms with Crippen molar-refractivity contribution in [2.45, 2.75) is 13.5 Å². The first-order chi connectivity index (χ1) is 9.11. The number of nitrogens with zero attached hydrogens (tertiary/aromatic N) is 2. The second-order valence-electron chi connectivity index (χ2n) is 4.07. The molecule has 3 N–H and O–H groups in total. The van der Waals surface area contributed by atoms with Gasteiger partial charge < -0.3 is 11.1 Å². The molecule has 19 heavy (non-hydrogen) atoms. The predicted octanol–water partition coefficient (Wildman–Crippen LogP) is 1.73. The first-order valence-electron chi connectivity index (χ1n) is 5.97. The standard InChI is InChI=1S/C13H15ClN4O/c1-2-16-8-9-3-4-10(7-11(9)14)18-6-5-12(17-18)13(15)19/h3-7,16H,2,8H2,1H3,(H2,15,19). The molecule has 0 aliphatic heterocycles. The number of nitrogens with one attached hydrogen (secondary N) is 1. The smallest absolute Gasteiger partial charge is 0.269 e. The van der Waals surface area contributed by atoms with Crippen LogP contribution in [0.1, 0.15) is 23.0 Å². The van der Waals surface area contributed by atoms with E-state index in [-0.39, 0.29) is 5.69 Å². The zero-order chi connectivity index (χ0) is 13.8. The maximum absolute atomic E-state index is 11.0. The molecular weight excluding hydrogens is 264 g/mol. The largest absolute Gasteiger partial charge is 0.364 e. The molecule has 0 aliphatic carbocycles. The number of halogens is 1. The fourth-order valence-corrected chi connectivity index (χ4v) is 1.92. The van der Waals surface area contributed by atoms with Gasteiger partial charge in [-0.15, -0.1) is 0 Å². The van der Waals surface area contributed by atoms with Crippen molar-refractivity contribution < 1.29 is 4.79 Å². The second-order valence-corrected chi connectivity index (χ2v) is 4.47. The van der Waals surface area contributed by atoms with Gasteiger partial charge >= 0.3 is 0 Å². The van der Waals surface area contributed by atoms with Crippen molar-refractivity contribution in [2.75, 3.05) is 6.54 Å². The summed E-state index contributed by atoms with van der Waals surface area (Å²) < 4.78 is 1.57. The van der Waals surface area contributed by atoms with Crippen molar-refractivity contribution in [3.63, 3.8) is 0 Å². The number of amides is 1. The summed E-state index contributed by atoms with van der Waals surface area (Å²) in [6.07, 6.45) is 1.68. The molecule has 100 valence electrons. The van der Waals surface area contributed by atoms with Gasteiger partial charge in [0, 0.05) is 17.8 Å². The van der Waals surface area contributed by atoms with Crippen molar-refractivity contribution in [3.8, 4) is 5.69 Å². The van der Waals surface area contributed by atoms with E-state index in [1.165, 1.54) is 0 Å². The Morgan fingerprint density at radius 2 is 2.26 bits per heavy atom. The summed E-state index contributed by atoms with van der Waals surface area (Å²) in [6.45, 7) is 3.65. The van der Waals surface area contributed by atoms with Crippen LogP contribution in [-0.2, 0) is 6.54 Å². The Morgan fingerprint density at radius 1 is 1.47 bits per heavy atom. The van der Waals surface area contributed by atoms with Crippen molar-refractivity contribution in [1.82, 2.24) is 15.1 Å². The highest BCUT2D eigenvalue weighted by Gasteiger charge is 2.07. The number of rotatable bonds is 5. The van der Waals surface area contributed by atoms with E-state index >= 15 is 0 Å². The van der Waals surface area contributed by atoms with Crippen LogP contribution >= 0.6 is 11.6 Å². The van der Waals surface area contributed by atoms with Crippen molar-refractivity contribution in [2.24, 2.45) is 5.73 Å². The number of benzene rings is 1. The molecule has 0 bridgehead atoms. The molecule has 0 saturated carbocycles. The topological polar surface area (TPSA) is 72.9 Å². The summed E-state index contributed by atoms with van der Waals surface area (Å²) in [4.78, 5) is 11.0. The van der Waals surface area contributed by atoms with Crippen molar-refractivity contribution >= 4 is 17.5 Å². The van der Waals surface area contributed by atoms with Gasteiger partial charge in [0.05, 0.1) is 5.69 Å². The van der Waals surface area contributed by atoms with Crippen molar-refractivity contribution in [3.05, 3.63) is 46.7 Å². The number of primary amides is 1. The summed E-state index contributed by atoms with van der Waals surface area (Å²) in [5.41, 5.74) is 7.21. The van der Waals surface area contributed by atoms with E-state index in [0.717, 1.165) is 24.3 Å². The summed E-state index contributed by atoms with van der Waals surface area (Å²) in [6, 6.07) is 7.22. The van der Waals surface area contributed by atoms with Crippen LogP contribution in [0, 0.1) is 0 Å². The lowest BCUT2D eigenvalue weighted by molar-refractivity contribution is 0.0995. The molecule has 1 aromatic heterocycles. The van der Waals surface area contributed by atoms with Crippen molar-refractivity contribution in [1.29, 1.82) is 0 Å². The van der Waals surface area contributed by atoms with Gasteiger partial charge in [-0.2, -0.15) is 5.10 Å². The summed E-state index contributed by atoms with van der Waals surface area (Å²) in [5.74, 6) is -0.548. The van der Waals surface area contributed by atoms with E-state index in [9.17, 15) is 4.79 Å². The van der Waals surface area contributed by atoms with Crippen LogP contribution < -0.4 is 11.1 Å². The first kappa shape index (κ1) is 13.6. The van der Waals surface area contributed by atoms with E-state index in [2.05, 4.69) is 10.4 Å². The molecule has 1 amide bonds. The molecule has 1 heterocycles. The first-order valence-corrected chi connectivity index (χ1v) is 6.34. The Labute approximate surface area is 116 Å². The molecule has 0 fully saturated rings. The number of aromatic nitrogens is 2. The Kier molecular flexibility index (Phi) is 4.19. The molecular formula is C13H15ClN4O. The third-order valence-corrected chi connectivity index (χ3v) is 3.06. The van der Waals surface area contributed by atoms with Crippen LogP contribution in [0.4, 0.5) is 0 Å². The molecule has 6 heteroatoms. The van der Waals surface area contributed by atoms with E-state index < -0.39 is 5.91 Å². The highest BCUT2D eigenvalue weighted by molar-refractivity contribution is 6.31. The third-order valence-electron chi connectivity index (χ3n) is 2.71. The number of hydrogen-bond donors (Lipinski definition) is 2. The van der Waals surface area contributed by atoms with Gasteiger partial charge in [0.15, 0.2) is 0 Å². The number of carbonyl (C=O) groups is 1. The number of hydrogen-bond acceptors (Lipinski definition) is 3. The number of carbonyl (C=O) groups excluding carboxylic acids is 1. The minimum Gasteiger partial charge on any atom is -0.364 e. The third kappa shape index (κ3) is 3.13. The Bertz CT molecular complexity index is 594. The monoisotopic (exact) mass is 278 g/mol. The molecule has 0 radical (unpaired) electrons. The lowest BCUT2D eigenvalue weighted by atomic mass is 10.2. The van der Waals surface area contributed by atoms with E-state index in [1.807, 2.05) is 25.1 Å². The molecule has 2 aromatic rings. The minimum atomic E-state index is -0.548. The highest BCUT2D eigenvalue weighted by Crippen LogP contribution is 2.20. The van der Waals surface area contributed by atoms with E-state index in [4.69, 9.17) is 17.3 Å². The second kappa shape index (κ2) is 5.86. The zero-order valence-corrected chi connectivity index (χ0v) is 11.3. The molecule has 0 aliphatic rings. The average molecular weight is 279 g/mol. The maximum atomic E-state index is 11.0. The number of nitrogens with two attached hydrogens (primary N) is 1. The van der Waals surface area contributed by atoms with Gasteiger partial charge in [0.1, 0.15) is 5.69 Å². The summed E-state index contributed by atoms with van der Waals surface area (Å²) >= 11 is 6.21. The fourth-order valence-electron chi connectivity index (χ4n) is 1.68. The molecule has 2 rings (SSSR count).